The van der Waals surface area contributed by atoms with Crippen LogP contribution < -0.4 is 16.4 Å². The molecule has 2 fully saturated rings. The molecular weight excluding hydrogens is 578 g/mol. The van der Waals surface area contributed by atoms with Crippen LogP contribution in [0.1, 0.15) is 61.4 Å². The van der Waals surface area contributed by atoms with Gasteiger partial charge in [-0.25, -0.2) is 4.98 Å². The van der Waals surface area contributed by atoms with Gasteiger partial charge in [0, 0.05) is 29.5 Å². The normalized spacial score (nSPS) is 18.7. The number of H-pyrrole nitrogens is 2. The second kappa shape index (κ2) is 12.8. The third kappa shape index (κ3) is 6.55. The summed E-state index contributed by atoms with van der Waals surface area (Å²) < 4.78 is 0. The molecule has 0 radical (unpaired) electrons. The van der Waals surface area contributed by atoms with E-state index in [2.05, 4.69) is 67.4 Å². The Morgan fingerprint density at radius 2 is 1.70 bits per heavy atom. The highest BCUT2D eigenvalue weighted by molar-refractivity contribution is 5.98. The number of nitrogens with zero attached hydrogens (tertiary/aromatic N) is 4. The first kappa shape index (κ1) is 29.8. The van der Waals surface area contributed by atoms with Gasteiger partial charge in [-0.3, -0.25) is 9.59 Å². The van der Waals surface area contributed by atoms with E-state index in [1.165, 1.54) is 18.4 Å². The molecule has 0 spiro atoms. The summed E-state index contributed by atoms with van der Waals surface area (Å²) in [5.41, 5.74) is 13.7. The molecule has 2 aliphatic rings. The predicted octanol–water partition coefficient (Wildman–Crippen LogP) is 5.03. The van der Waals surface area contributed by atoms with Crippen LogP contribution in [0.4, 0.5) is 5.69 Å². The number of aromatic amines is 2. The Labute approximate surface area is 267 Å². The first-order valence-corrected chi connectivity index (χ1v) is 16.2. The maximum atomic E-state index is 13.7. The number of hydrogen-bond donors (Lipinski definition) is 5. The number of tetrazole rings is 1. The van der Waals surface area contributed by atoms with E-state index in [9.17, 15) is 9.59 Å². The number of rotatable bonds is 10. The van der Waals surface area contributed by atoms with E-state index in [1.807, 2.05) is 24.3 Å². The van der Waals surface area contributed by atoms with Crippen molar-refractivity contribution in [3.05, 3.63) is 77.6 Å². The number of amides is 2. The average Bonchev–Trinajstić information content (AvgIpc) is 3.62. The topological polar surface area (TPSA) is 167 Å². The summed E-state index contributed by atoms with van der Waals surface area (Å²) in [5.74, 6) is 2.13. The third-order valence-electron chi connectivity index (χ3n) is 9.45. The predicted molar refractivity (Wildman–Crippen MR) is 177 cm³/mol. The van der Waals surface area contributed by atoms with E-state index in [0.29, 0.717) is 36.3 Å². The van der Waals surface area contributed by atoms with Gasteiger partial charge in [-0.05, 0) is 122 Å². The molecular formula is C35H39N9O2. The summed E-state index contributed by atoms with van der Waals surface area (Å²) in [5, 5.41) is 20.1. The van der Waals surface area contributed by atoms with Crippen LogP contribution >= 0.6 is 0 Å². The van der Waals surface area contributed by atoms with Gasteiger partial charge in [-0.1, -0.05) is 24.3 Å². The van der Waals surface area contributed by atoms with Crippen LogP contribution in [0.15, 0.2) is 60.7 Å². The number of hydrogen-bond acceptors (Lipinski definition) is 7. The minimum atomic E-state index is -0.745. The molecule has 3 aromatic carbocycles. The van der Waals surface area contributed by atoms with Crippen LogP contribution in [0.2, 0.25) is 0 Å². The van der Waals surface area contributed by atoms with E-state index in [4.69, 9.17) is 10.7 Å². The van der Waals surface area contributed by atoms with Crippen molar-refractivity contribution in [3.63, 3.8) is 0 Å². The fraction of sp³-hybridized carbons (Fsp3) is 0.371. The Morgan fingerprint density at radius 3 is 2.37 bits per heavy atom. The van der Waals surface area contributed by atoms with Crippen LogP contribution in [-0.2, 0) is 16.0 Å². The highest BCUT2D eigenvalue weighted by atomic mass is 16.2. The van der Waals surface area contributed by atoms with E-state index in [-0.39, 0.29) is 17.7 Å². The first-order chi connectivity index (χ1) is 22.4. The lowest BCUT2D eigenvalue weighted by molar-refractivity contribution is -0.130. The number of nitrogens with two attached hydrogens (primary N) is 1. The second-order valence-corrected chi connectivity index (χ2v) is 12.8. The van der Waals surface area contributed by atoms with Crippen LogP contribution in [0.3, 0.4) is 0 Å². The molecule has 0 saturated heterocycles. The zero-order valence-corrected chi connectivity index (χ0v) is 25.9. The largest absolute Gasteiger partial charge is 0.344 e. The maximum Gasteiger partial charge on any atom is 0.247 e. The molecule has 11 nitrogen and oxygen atoms in total. The SMILES string of the molecule is Cc1cc2[nH]c(C3CC3)nc2cc1-c1ccc(C[C@H](NC(=O)C2CCC(CN)CC2)C(=O)Nc2ccc(-c3nn[nH]n3)cc2)cc1. The molecule has 5 aromatic rings. The molecule has 2 aromatic heterocycles. The number of nitrogens with one attached hydrogen (secondary N) is 4. The van der Waals surface area contributed by atoms with Crippen molar-refractivity contribution in [2.45, 2.75) is 63.8 Å². The van der Waals surface area contributed by atoms with Crippen LogP contribution in [0, 0.1) is 18.8 Å². The molecule has 2 saturated carbocycles. The summed E-state index contributed by atoms with van der Waals surface area (Å²) in [7, 11) is 0. The zero-order valence-electron chi connectivity index (χ0n) is 25.9. The number of fused-ring (bicyclic) bond motifs is 1. The molecule has 1 atom stereocenters. The van der Waals surface area contributed by atoms with Gasteiger partial charge in [-0.15, -0.1) is 10.2 Å². The zero-order chi connectivity index (χ0) is 31.6. The molecule has 0 bridgehead atoms. The summed E-state index contributed by atoms with van der Waals surface area (Å²) in [6, 6.07) is 19.0. The summed E-state index contributed by atoms with van der Waals surface area (Å²) in [6.07, 6.45) is 6.22. The Bertz CT molecular complexity index is 1820. The van der Waals surface area contributed by atoms with E-state index < -0.39 is 6.04 Å². The van der Waals surface area contributed by atoms with Gasteiger partial charge in [0.2, 0.25) is 17.6 Å². The van der Waals surface area contributed by atoms with E-state index in [1.54, 1.807) is 12.1 Å². The molecule has 11 heteroatoms. The van der Waals surface area contributed by atoms with Crippen LogP contribution in [-0.4, -0.2) is 55.0 Å². The number of benzene rings is 3. The number of aromatic nitrogens is 6. The van der Waals surface area contributed by atoms with Crippen LogP contribution in [0.25, 0.3) is 33.5 Å². The van der Waals surface area contributed by atoms with Crippen LogP contribution in [0.5, 0.6) is 0 Å². The Kier molecular flexibility index (Phi) is 8.32. The minimum absolute atomic E-state index is 0.0757. The number of carbonyl (C=O) groups is 2. The van der Waals surface area contributed by atoms with Gasteiger partial charge in [-0.2, -0.15) is 5.21 Å². The molecule has 2 amide bonds. The average molecular weight is 618 g/mol. The van der Waals surface area contributed by atoms with Crippen molar-refractivity contribution < 1.29 is 9.59 Å². The van der Waals surface area contributed by atoms with Crippen molar-refractivity contribution in [3.8, 4) is 22.5 Å². The molecule has 0 aliphatic heterocycles. The van der Waals surface area contributed by atoms with Crippen molar-refractivity contribution in [1.82, 2.24) is 35.9 Å². The van der Waals surface area contributed by atoms with Gasteiger partial charge in [0.1, 0.15) is 11.9 Å². The first-order valence-electron chi connectivity index (χ1n) is 16.2. The number of imidazole rings is 1. The maximum absolute atomic E-state index is 13.7. The molecule has 2 aliphatic carbocycles. The van der Waals surface area contributed by atoms with Crippen molar-refractivity contribution >= 4 is 28.5 Å². The molecule has 2 heterocycles. The fourth-order valence-corrected chi connectivity index (χ4v) is 6.48. The molecule has 0 unspecified atom stereocenters. The standard InChI is InChI=1S/C35H39N9O2/c1-20-16-29-30(39-32(38-29)24-10-11-24)18-28(20)23-6-2-21(3-7-23)17-31(40-34(45)26-8-4-22(19-36)5-9-26)35(46)37-27-14-12-25(13-15-27)33-41-43-44-42-33/h2-3,6-7,12-16,18,22,24,26,31H,4-5,8-11,17,19,36H2,1H3,(H,37,46)(H,38,39)(H,40,45)(H,41,42,43,44)/t22?,26?,31-/m0/s1. The number of carbonyl (C=O) groups excluding carboxylic acids is 2. The monoisotopic (exact) mass is 617 g/mol. The Balaban J connectivity index is 1.08. The summed E-state index contributed by atoms with van der Waals surface area (Å²) in [4.78, 5) is 35.4. The van der Waals surface area contributed by atoms with E-state index in [0.717, 1.165) is 64.8 Å². The van der Waals surface area contributed by atoms with Gasteiger partial charge in [0.25, 0.3) is 0 Å². The quantitative estimate of drug-likeness (QED) is 0.147. The summed E-state index contributed by atoms with van der Waals surface area (Å²) >= 11 is 0. The van der Waals surface area contributed by atoms with E-state index >= 15 is 0 Å². The minimum Gasteiger partial charge on any atom is -0.344 e. The Hall–Kier alpha value is -4.90. The van der Waals surface area contributed by atoms with Gasteiger partial charge < -0.3 is 21.4 Å². The highest BCUT2D eigenvalue weighted by Crippen LogP contribution is 2.39. The third-order valence-corrected chi connectivity index (χ3v) is 9.45. The summed E-state index contributed by atoms with van der Waals surface area (Å²) in [6.45, 7) is 2.77. The number of anilines is 1. The molecule has 236 valence electrons. The molecule has 7 rings (SSSR count). The van der Waals surface area contributed by atoms with Crippen molar-refractivity contribution in [1.29, 1.82) is 0 Å². The van der Waals surface area contributed by atoms with Gasteiger partial charge in [0.15, 0.2) is 0 Å². The lowest BCUT2D eigenvalue weighted by Crippen LogP contribution is -2.48. The second-order valence-electron chi connectivity index (χ2n) is 12.8. The smallest absolute Gasteiger partial charge is 0.247 e. The lowest BCUT2D eigenvalue weighted by atomic mass is 9.81. The highest BCUT2D eigenvalue weighted by Gasteiger charge is 2.30. The van der Waals surface area contributed by atoms with Gasteiger partial charge in [0.05, 0.1) is 11.0 Å². The molecule has 46 heavy (non-hydrogen) atoms. The Morgan fingerprint density at radius 1 is 0.957 bits per heavy atom. The van der Waals surface area contributed by atoms with Crippen molar-refractivity contribution in [2.24, 2.45) is 17.6 Å². The molecule has 6 N–H and O–H groups in total. The van der Waals surface area contributed by atoms with Gasteiger partial charge >= 0.3 is 0 Å². The van der Waals surface area contributed by atoms with Crippen molar-refractivity contribution in [2.75, 3.05) is 11.9 Å². The number of aryl methyl sites for hydroxylation is 1. The lowest BCUT2D eigenvalue weighted by Gasteiger charge is -2.28. The fourth-order valence-electron chi connectivity index (χ4n) is 6.48.